The Morgan fingerprint density at radius 1 is 1.07 bits per heavy atom. The van der Waals surface area contributed by atoms with Crippen LogP contribution in [0.25, 0.3) is 5.76 Å². The Kier molecular flexibility index (Phi) is 5.76. The van der Waals surface area contributed by atoms with Crippen LogP contribution in [0.15, 0.2) is 48.0 Å². The first kappa shape index (κ1) is 20.8. The van der Waals surface area contributed by atoms with Crippen LogP contribution in [0.4, 0.5) is 0 Å². The Morgan fingerprint density at radius 3 is 2.33 bits per heavy atom. The lowest BCUT2D eigenvalue weighted by Crippen LogP contribution is -2.37. The van der Waals surface area contributed by atoms with Gasteiger partial charge in [-0.05, 0) is 48.7 Å². The Hall–Kier alpha value is -2.50. The molecule has 0 bridgehead atoms. The van der Waals surface area contributed by atoms with Gasteiger partial charge in [0.15, 0.2) is 0 Å². The smallest absolute Gasteiger partial charge is 0.295 e. The van der Waals surface area contributed by atoms with Crippen LogP contribution >= 0.6 is 23.2 Å². The van der Waals surface area contributed by atoms with E-state index in [2.05, 4.69) is 0 Å². The summed E-state index contributed by atoms with van der Waals surface area (Å²) in [6.07, 6.45) is 3.70. The van der Waals surface area contributed by atoms with Gasteiger partial charge in [-0.25, -0.2) is 0 Å². The maximum atomic E-state index is 13.1. The van der Waals surface area contributed by atoms with Gasteiger partial charge in [-0.2, -0.15) is 0 Å². The Balaban J connectivity index is 1.87. The molecule has 7 heteroatoms. The van der Waals surface area contributed by atoms with Crippen molar-refractivity contribution in [2.75, 3.05) is 7.11 Å². The zero-order chi connectivity index (χ0) is 21.4. The number of carbonyl (C=O) groups is 2. The fourth-order valence-electron chi connectivity index (χ4n) is 4.35. The van der Waals surface area contributed by atoms with Crippen LogP contribution in [-0.2, 0) is 9.59 Å². The average Bonchev–Trinajstić information content (AvgIpc) is 3.35. The van der Waals surface area contributed by atoms with E-state index in [1.807, 2.05) is 0 Å². The van der Waals surface area contributed by atoms with E-state index in [4.69, 9.17) is 27.9 Å². The molecule has 0 radical (unpaired) electrons. The summed E-state index contributed by atoms with van der Waals surface area (Å²) >= 11 is 12.3. The molecule has 0 spiro atoms. The standard InChI is InChI=1S/C23H21Cl2NO4/c1-30-18-11-8-14(12-17(18)25)21(27)19-20(13-6-9-15(24)10-7-13)26(23(29)22(19)28)16-4-2-3-5-16/h6-12,16,20,27H,2-5H2,1H3/b21-19-. The summed E-state index contributed by atoms with van der Waals surface area (Å²) in [5.74, 6) is -1.07. The molecule has 156 valence electrons. The number of Topliss-reactive ketones (excluding diaryl/α,β-unsaturated/α-hetero) is 1. The number of aliphatic hydroxyl groups excluding tert-OH is 1. The Bertz CT molecular complexity index is 1030. The number of halogens is 2. The molecule has 1 N–H and O–H groups in total. The fraction of sp³-hybridized carbons (Fsp3) is 0.304. The number of hydrogen-bond donors (Lipinski definition) is 1. The van der Waals surface area contributed by atoms with Gasteiger partial charge in [-0.3, -0.25) is 9.59 Å². The number of aliphatic hydroxyl groups is 1. The van der Waals surface area contributed by atoms with E-state index in [1.54, 1.807) is 41.3 Å². The van der Waals surface area contributed by atoms with Crippen molar-refractivity contribution in [3.05, 3.63) is 69.2 Å². The highest BCUT2D eigenvalue weighted by molar-refractivity contribution is 6.46. The highest BCUT2D eigenvalue weighted by Gasteiger charge is 2.49. The molecule has 1 unspecified atom stereocenters. The molecule has 1 amide bonds. The van der Waals surface area contributed by atoms with Gasteiger partial charge < -0.3 is 14.7 Å². The third kappa shape index (κ3) is 3.57. The van der Waals surface area contributed by atoms with E-state index in [9.17, 15) is 14.7 Å². The maximum Gasteiger partial charge on any atom is 0.295 e. The lowest BCUT2D eigenvalue weighted by Gasteiger charge is -2.30. The largest absolute Gasteiger partial charge is 0.507 e. The second-order valence-electron chi connectivity index (χ2n) is 7.55. The SMILES string of the molecule is COc1ccc(/C(O)=C2/C(=O)C(=O)N(C3CCCC3)C2c2ccc(Cl)cc2)cc1Cl. The molecular weight excluding hydrogens is 425 g/mol. The van der Waals surface area contributed by atoms with E-state index < -0.39 is 17.7 Å². The molecule has 1 aliphatic carbocycles. The molecule has 2 aliphatic rings. The quantitative estimate of drug-likeness (QED) is 0.390. The molecule has 1 saturated carbocycles. The number of rotatable bonds is 4. The van der Waals surface area contributed by atoms with Crippen LogP contribution in [0.2, 0.25) is 10.0 Å². The van der Waals surface area contributed by atoms with E-state index >= 15 is 0 Å². The predicted octanol–water partition coefficient (Wildman–Crippen LogP) is 5.37. The molecule has 30 heavy (non-hydrogen) atoms. The molecule has 1 aliphatic heterocycles. The average molecular weight is 446 g/mol. The number of ketones is 1. The first-order valence-electron chi connectivity index (χ1n) is 9.82. The number of likely N-dealkylation sites (tertiary alicyclic amines) is 1. The zero-order valence-electron chi connectivity index (χ0n) is 16.4. The van der Waals surface area contributed by atoms with Crippen molar-refractivity contribution in [2.45, 2.75) is 37.8 Å². The molecule has 1 heterocycles. The summed E-state index contributed by atoms with van der Waals surface area (Å²) in [4.78, 5) is 27.7. The van der Waals surface area contributed by atoms with E-state index in [0.29, 0.717) is 21.4 Å². The van der Waals surface area contributed by atoms with Gasteiger partial charge in [0.1, 0.15) is 11.5 Å². The predicted molar refractivity (Wildman–Crippen MR) is 116 cm³/mol. The lowest BCUT2D eigenvalue weighted by atomic mass is 9.94. The zero-order valence-corrected chi connectivity index (χ0v) is 17.9. The number of carbonyl (C=O) groups excluding carboxylic acids is 2. The number of hydrogen-bond acceptors (Lipinski definition) is 4. The van der Waals surface area contributed by atoms with Crippen molar-refractivity contribution in [1.82, 2.24) is 4.90 Å². The molecule has 1 atom stereocenters. The maximum absolute atomic E-state index is 13.1. The Morgan fingerprint density at radius 2 is 1.73 bits per heavy atom. The summed E-state index contributed by atoms with van der Waals surface area (Å²) in [7, 11) is 1.49. The second kappa shape index (κ2) is 8.32. The molecule has 5 nitrogen and oxygen atoms in total. The summed E-state index contributed by atoms with van der Waals surface area (Å²) in [6.45, 7) is 0. The van der Waals surface area contributed by atoms with Crippen molar-refractivity contribution >= 4 is 40.7 Å². The van der Waals surface area contributed by atoms with Crippen molar-refractivity contribution in [3.8, 4) is 5.75 Å². The minimum atomic E-state index is -0.689. The summed E-state index contributed by atoms with van der Waals surface area (Å²) in [6, 6.07) is 11.1. The molecule has 2 fully saturated rings. The molecule has 2 aromatic rings. The number of methoxy groups -OCH3 is 1. The van der Waals surface area contributed by atoms with Gasteiger partial charge in [0.25, 0.3) is 11.7 Å². The van der Waals surface area contributed by atoms with Gasteiger partial charge in [0.2, 0.25) is 0 Å². The third-order valence-corrected chi connectivity index (χ3v) is 6.36. The molecule has 0 aromatic heterocycles. The fourth-order valence-corrected chi connectivity index (χ4v) is 4.73. The highest BCUT2D eigenvalue weighted by Crippen LogP contribution is 2.44. The molecule has 1 saturated heterocycles. The van der Waals surface area contributed by atoms with Crippen LogP contribution in [0.5, 0.6) is 5.75 Å². The van der Waals surface area contributed by atoms with Crippen LogP contribution in [0, 0.1) is 0 Å². The molecule has 2 aromatic carbocycles. The minimum absolute atomic E-state index is 0.0353. The first-order chi connectivity index (χ1) is 14.4. The minimum Gasteiger partial charge on any atom is -0.507 e. The summed E-state index contributed by atoms with van der Waals surface area (Å²) in [5.41, 5.74) is 1.14. The van der Waals surface area contributed by atoms with E-state index in [-0.39, 0.29) is 17.4 Å². The topological polar surface area (TPSA) is 66.8 Å². The number of nitrogens with zero attached hydrogens (tertiary/aromatic N) is 1. The van der Waals surface area contributed by atoms with Gasteiger partial charge in [0.05, 0.1) is 23.7 Å². The van der Waals surface area contributed by atoms with Crippen LogP contribution in [0.1, 0.15) is 42.9 Å². The van der Waals surface area contributed by atoms with Gasteiger partial charge >= 0.3 is 0 Å². The Labute approximate surface area is 184 Å². The van der Waals surface area contributed by atoms with Crippen LogP contribution < -0.4 is 4.74 Å². The number of ether oxygens (including phenoxy) is 1. The van der Waals surface area contributed by atoms with Crippen molar-refractivity contribution in [2.24, 2.45) is 0 Å². The van der Waals surface area contributed by atoms with Gasteiger partial charge in [-0.15, -0.1) is 0 Å². The molecular formula is C23H21Cl2NO4. The number of amides is 1. The third-order valence-electron chi connectivity index (χ3n) is 5.81. The van der Waals surface area contributed by atoms with Crippen molar-refractivity contribution < 1.29 is 19.4 Å². The number of benzene rings is 2. The highest BCUT2D eigenvalue weighted by atomic mass is 35.5. The van der Waals surface area contributed by atoms with Gasteiger partial charge in [-0.1, -0.05) is 48.2 Å². The van der Waals surface area contributed by atoms with E-state index in [1.165, 1.54) is 13.2 Å². The molecule has 4 rings (SSSR count). The lowest BCUT2D eigenvalue weighted by molar-refractivity contribution is -0.141. The van der Waals surface area contributed by atoms with E-state index in [0.717, 1.165) is 31.2 Å². The van der Waals surface area contributed by atoms with Crippen LogP contribution in [0.3, 0.4) is 0 Å². The second-order valence-corrected chi connectivity index (χ2v) is 8.39. The summed E-state index contributed by atoms with van der Waals surface area (Å²) < 4.78 is 5.16. The van der Waals surface area contributed by atoms with Gasteiger partial charge in [0, 0.05) is 16.6 Å². The van der Waals surface area contributed by atoms with Crippen molar-refractivity contribution in [1.29, 1.82) is 0 Å². The van der Waals surface area contributed by atoms with Crippen LogP contribution in [-0.4, -0.2) is 34.8 Å². The summed E-state index contributed by atoms with van der Waals surface area (Å²) in [5, 5.41) is 12.0. The van der Waals surface area contributed by atoms with Crippen molar-refractivity contribution in [3.63, 3.8) is 0 Å². The monoisotopic (exact) mass is 445 g/mol. The normalized spacial score (nSPS) is 21.4. The first-order valence-corrected chi connectivity index (χ1v) is 10.6.